The van der Waals surface area contributed by atoms with E-state index in [1.165, 1.54) is 12.8 Å². The lowest BCUT2D eigenvalue weighted by molar-refractivity contribution is -0.125. The van der Waals surface area contributed by atoms with Crippen molar-refractivity contribution in [2.75, 3.05) is 18.5 Å². The van der Waals surface area contributed by atoms with Gasteiger partial charge in [0.1, 0.15) is 0 Å². The van der Waals surface area contributed by atoms with Crippen LogP contribution >= 0.6 is 0 Å². The number of ether oxygens (including phenoxy) is 1. The van der Waals surface area contributed by atoms with Gasteiger partial charge in [0.2, 0.25) is 11.8 Å². The fourth-order valence-corrected chi connectivity index (χ4v) is 2.16. The molecule has 2 amide bonds. The normalized spacial score (nSPS) is 15.2. The van der Waals surface area contributed by atoms with Crippen LogP contribution in [0.3, 0.4) is 0 Å². The van der Waals surface area contributed by atoms with Crippen LogP contribution in [0, 0.1) is 11.8 Å². The minimum Gasteiger partial charge on any atom is -0.376 e. The Morgan fingerprint density at radius 3 is 2.75 bits per heavy atom. The summed E-state index contributed by atoms with van der Waals surface area (Å²) in [7, 11) is 0. The summed E-state index contributed by atoms with van der Waals surface area (Å²) in [4.78, 5) is 23.7. The summed E-state index contributed by atoms with van der Waals surface area (Å²) in [5.74, 6) is 0.159. The third-order valence-corrected chi connectivity index (χ3v) is 3.97. The van der Waals surface area contributed by atoms with E-state index in [0.29, 0.717) is 12.3 Å². The molecule has 0 bridgehead atoms. The van der Waals surface area contributed by atoms with E-state index in [2.05, 4.69) is 10.6 Å². The molecular weight excluding hydrogens is 306 g/mol. The first-order valence-electron chi connectivity index (χ1n) is 8.45. The third kappa shape index (κ3) is 6.29. The zero-order chi connectivity index (χ0) is 17.5. The number of amides is 2. The van der Waals surface area contributed by atoms with Gasteiger partial charge in [0.15, 0.2) is 0 Å². The van der Waals surface area contributed by atoms with Gasteiger partial charge in [-0.2, -0.15) is 0 Å². The van der Waals surface area contributed by atoms with Gasteiger partial charge in [0, 0.05) is 12.3 Å². The lowest BCUT2D eigenvalue weighted by Gasteiger charge is -2.15. The first kappa shape index (κ1) is 18.4. The van der Waals surface area contributed by atoms with Crippen LogP contribution < -0.4 is 16.4 Å². The minimum absolute atomic E-state index is 0.0281. The van der Waals surface area contributed by atoms with Gasteiger partial charge in [0.05, 0.1) is 19.2 Å². The first-order chi connectivity index (χ1) is 11.5. The quantitative estimate of drug-likeness (QED) is 0.640. The van der Waals surface area contributed by atoms with Crippen LogP contribution in [-0.4, -0.2) is 31.0 Å². The second kappa shape index (κ2) is 8.80. The predicted molar refractivity (Wildman–Crippen MR) is 93.3 cm³/mol. The molecule has 1 fully saturated rings. The van der Waals surface area contributed by atoms with Crippen molar-refractivity contribution in [2.24, 2.45) is 17.6 Å². The highest BCUT2D eigenvalue weighted by molar-refractivity contribution is 5.95. The van der Waals surface area contributed by atoms with Crippen LogP contribution in [0.25, 0.3) is 0 Å². The molecule has 0 unspecified atom stereocenters. The van der Waals surface area contributed by atoms with Crippen LogP contribution in [-0.2, 0) is 20.9 Å². The van der Waals surface area contributed by atoms with E-state index in [4.69, 9.17) is 10.5 Å². The second-order valence-corrected chi connectivity index (χ2v) is 6.69. The molecule has 4 N–H and O–H groups in total. The van der Waals surface area contributed by atoms with Crippen molar-refractivity contribution in [1.29, 1.82) is 0 Å². The van der Waals surface area contributed by atoms with E-state index in [0.717, 1.165) is 18.1 Å². The number of hydrogen-bond donors (Lipinski definition) is 3. The van der Waals surface area contributed by atoms with Crippen LogP contribution in [0.1, 0.15) is 32.3 Å². The predicted octanol–water partition coefficient (Wildman–Crippen LogP) is 1.65. The fourth-order valence-electron chi connectivity index (χ4n) is 2.16. The third-order valence-electron chi connectivity index (χ3n) is 3.97. The molecule has 1 aliphatic rings. The summed E-state index contributed by atoms with van der Waals surface area (Å²) in [6.07, 6.45) is 2.53. The molecule has 1 aliphatic carbocycles. The molecule has 0 aliphatic heterocycles. The van der Waals surface area contributed by atoms with Gasteiger partial charge in [-0.3, -0.25) is 9.59 Å². The van der Waals surface area contributed by atoms with Crippen molar-refractivity contribution in [3.8, 4) is 0 Å². The fraction of sp³-hybridized carbons (Fsp3) is 0.556. The smallest absolute Gasteiger partial charge is 0.243 e. The topological polar surface area (TPSA) is 93.5 Å². The molecule has 1 aromatic rings. The number of benzene rings is 1. The Labute approximate surface area is 143 Å². The lowest BCUT2D eigenvalue weighted by atomic mass is 10.1. The first-order valence-corrected chi connectivity index (χ1v) is 8.45. The van der Waals surface area contributed by atoms with Gasteiger partial charge in [0.25, 0.3) is 0 Å². The van der Waals surface area contributed by atoms with Crippen LogP contribution in [0.15, 0.2) is 24.3 Å². The maximum Gasteiger partial charge on any atom is 0.243 e. The molecule has 1 atom stereocenters. The molecule has 6 heteroatoms. The van der Waals surface area contributed by atoms with Crippen molar-refractivity contribution in [3.05, 3.63) is 29.8 Å². The number of nitrogens with two attached hydrogens (primary N) is 1. The molecule has 0 radical (unpaired) electrons. The minimum atomic E-state index is -0.607. The Morgan fingerprint density at radius 1 is 1.33 bits per heavy atom. The van der Waals surface area contributed by atoms with Crippen LogP contribution in [0.4, 0.5) is 5.69 Å². The number of carbonyl (C=O) groups is 2. The largest absolute Gasteiger partial charge is 0.376 e. The van der Waals surface area contributed by atoms with E-state index in [9.17, 15) is 9.59 Å². The van der Waals surface area contributed by atoms with E-state index in [1.54, 1.807) is 0 Å². The monoisotopic (exact) mass is 333 g/mol. The summed E-state index contributed by atoms with van der Waals surface area (Å²) in [6, 6.07) is 6.92. The molecule has 0 aromatic heterocycles. The van der Waals surface area contributed by atoms with Crippen molar-refractivity contribution in [3.63, 3.8) is 0 Å². The maximum atomic E-state index is 11.9. The summed E-state index contributed by atoms with van der Waals surface area (Å²) in [5, 5.41) is 5.32. The molecule has 6 nitrogen and oxygen atoms in total. The molecule has 1 saturated carbocycles. The summed E-state index contributed by atoms with van der Waals surface area (Å²) in [5.41, 5.74) is 7.44. The zero-order valence-electron chi connectivity index (χ0n) is 14.4. The molecule has 1 aromatic carbocycles. The highest BCUT2D eigenvalue weighted by atomic mass is 16.5. The summed E-state index contributed by atoms with van der Waals surface area (Å²) < 4.78 is 5.65. The molecule has 132 valence electrons. The van der Waals surface area contributed by atoms with Gasteiger partial charge >= 0.3 is 0 Å². The number of hydrogen-bond acceptors (Lipinski definition) is 4. The number of anilines is 1. The SMILES string of the molecule is CC(C)[C@H](N)C(=O)NCC(=O)Nc1cccc(COCC2CC2)c1. The Bertz CT molecular complexity index is 570. The Balaban J connectivity index is 1.75. The standard InChI is InChI=1S/C18H27N3O3/c1-12(2)17(19)18(23)20-9-16(22)21-15-5-3-4-14(8-15)11-24-10-13-6-7-13/h3-5,8,12-13,17H,6-7,9-11,19H2,1-2H3,(H,20,23)(H,21,22)/t17-/m0/s1. The Hall–Kier alpha value is -1.92. The molecule has 24 heavy (non-hydrogen) atoms. The summed E-state index contributed by atoms with van der Waals surface area (Å²) >= 11 is 0. The van der Waals surface area contributed by atoms with Gasteiger partial charge in [-0.15, -0.1) is 0 Å². The number of carbonyl (C=O) groups excluding carboxylic acids is 2. The second-order valence-electron chi connectivity index (χ2n) is 6.69. The van der Waals surface area contributed by atoms with Crippen molar-refractivity contribution >= 4 is 17.5 Å². The van der Waals surface area contributed by atoms with E-state index >= 15 is 0 Å². The lowest BCUT2D eigenvalue weighted by Crippen LogP contribution is -2.46. The van der Waals surface area contributed by atoms with Crippen molar-refractivity contribution in [2.45, 2.75) is 39.3 Å². The average Bonchev–Trinajstić information content (AvgIpc) is 3.36. The molecule has 0 heterocycles. The van der Waals surface area contributed by atoms with Gasteiger partial charge in [-0.05, 0) is 42.4 Å². The number of rotatable bonds is 9. The van der Waals surface area contributed by atoms with Gasteiger partial charge in [-0.1, -0.05) is 26.0 Å². The Morgan fingerprint density at radius 2 is 2.08 bits per heavy atom. The highest BCUT2D eigenvalue weighted by Crippen LogP contribution is 2.29. The van der Waals surface area contributed by atoms with Crippen LogP contribution in [0.5, 0.6) is 0 Å². The van der Waals surface area contributed by atoms with E-state index < -0.39 is 6.04 Å². The van der Waals surface area contributed by atoms with E-state index in [-0.39, 0.29) is 24.3 Å². The number of nitrogens with one attached hydrogen (secondary N) is 2. The maximum absolute atomic E-state index is 11.9. The van der Waals surface area contributed by atoms with Crippen LogP contribution in [0.2, 0.25) is 0 Å². The average molecular weight is 333 g/mol. The molecular formula is C18H27N3O3. The molecule has 0 spiro atoms. The van der Waals surface area contributed by atoms with Crippen molar-refractivity contribution in [1.82, 2.24) is 5.32 Å². The van der Waals surface area contributed by atoms with Gasteiger partial charge < -0.3 is 21.1 Å². The summed E-state index contributed by atoms with van der Waals surface area (Å²) in [6.45, 7) is 4.97. The zero-order valence-corrected chi connectivity index (χ0v) is 14.4. The van der Waals surface area contributed by atoms with E-state index in [1.807, 2.05) is 38.1 Å². The highest BCUT2D eigenvalue weighted by Gasteiger charge is 2.21. The molecule has 2 rings (SSSR count). The Kier molecular flexibility index (Phi) is 6.75. The van der Waals surface area contributed by atoms with Crippen molar-refractivity contribution < 1.29 is 14.3 Å². The molecule has 0 saturated heterocycles. The van der Waals surface area contributed by atoms with Gasteiger partial charge in [-0.25, -0.2) is 0 Å².